The fourth-order valence-corrected chi connectivity index (χ4v) is 2.53. The van der Waals surface area contributed by atoms with E-state index in [4.69, 9.17) is 14.0 Å². The van der Waals surface area contributed by atoms with Crippen molar-refractivity contribution in [3.63, 3.8) is 0 Å². The van der Waals surface area contributed by atoms with Crippen LogP contribution in [0.15, 0.2) is 36.4 Å². The summed E-state index contributed by atoms with van der Waals surface area (Å²) in [6, 6.07) is 7.90. The lowest BCUT2D eigenvalue weighted by molar-refractivity contribution is 0.00578. The molecule has 2 heterocycles. The molecular weight excluding hydrogens is 317 g/mol. The molecule has 0 bridgehead atoms. The lowest BCUT2D eigenvalue weighted by Gasteiger charge is -2.32. The first kappa shape index (κ1) is 17.7. The van der Waals surface area contributed by atoms with Gasteiger partial charge in [-0.25, -0.2) is 4.68 Å². The van der Waals surface area contributed by atoms with E-state index in [-0.39, 0.29) is 18.3 Å². The molecule has 2 aromatic rings. The van der Waals surface area contributed by atoms with Crippen LogP contribution in [-0.2, 0) is 15.9 Å². The van der Waals surface area contributed by atoms with Crippen LogP contribution < -0.4 is 4.74 Å². The van der Waals surface area contributed by atoms with Gasteiger partial charge in [0.2, 0.25) is 0 Å². The Morgan fingerprint density at radius 2 is 1.76 bits per heavy atom. The molecule has 0 atom stereocenters. The fraction of sp³-hybridized carbons (Fsp3) is 0.444. The molecule has 0 saturated carbocycles. The minimum atomic E-state index is -0.378. The Hall–Kier alpha value is -2.12. The minimum absolute atomic E-state index is 0.339. The van der Waals surface area contributed by atoms with E-state index in [0.29, 0.717) is 6.54 Å². The topological polar surface area (TPSA) is 58.4 Å². The van der Waals surface area contributed by atoms with E-state index in [1.807, 2.05) is 70.2 Å². The molecule has 0 radical (unpaired) electrons. The van der Waals surface area contributed by atoms with Gasteiger partial charge in [0.15, 0.2) is 0 Å². The number of methoxy groups -OCH3 is 1. The maximum absolute atomic E-state index is 5.93. The van der Waals surface area contributed by atoms with Crippen molar-refractivity contribution in [2.75, 3.05) is 7.11 Å². The second-order valence-electron chi connectivity index (χ2n) is 7.17. The SMILES string of the molecule is COc1ccc(Cn2cc(C=CB3OC(C)(C)C(C)(C)O3)nn2)cc1. The van der Waals surface area contributed by atoms with Crippen molar-refractivity contribution < 1.29 is 14.0 Å². The van der Waals surface area contributed by atoms with E-state index in [0.717, 1.165) is 17.0 Å². The number of hydrogen-bond acceptors (Lipinski definition) is 5. The molecule has 25 heavy (non-hydrogen) atoms. The maximum atomic E-state index is 5.93. The molecule has 3 rings (SSSR count). The van der Waals surface area contributed by atoms with E-state index in [1.54, 1.807) is 11.8 Å². The highest BCUT2D eigenvalue weighted by Crippen LogP contribution is 2.36. The standard InChI is InChI=1S/C18H24BN3O3/c1-17(2)18(3,4)25-19(24-17)11-10-15-13-22(21-20-15)12-14-6-8-16(23-5)9-7-14/h6-11,13H,12H2,1-5H3. The van der Waals surface area contributed by atoms with Crippen LogP contribution in [0.1, 0.15) is 39.0 Å². The number of ether oxygens (including phenoxy) is 1. The summed E-state index contributed by atoms with van der Waals surface area (Å²) in [7, 11) is 1.28. The molecule has 0 aliphatic carbocycles. The zero-order valence-corrected chi connectivity index (χ0v) is 15.4. The van der Waals surface area contributed by atoms with Crippen molar-refractivity contribution in [2.24, 2.45) is 0 Å². The number of benzene rings is 1. The molecule has 132 valence electrons. The third-order valence-electron chi connectivity index (χ3n) is 4.76. The van der Waals surface area contributed by atoms with Crippen LogP contribution in [-0.4, -0.2) is 40.4 Å². The van der Waals surface area contributed by atoms with Crippen molar-refractivity contribution in [3.05, 3.63) is 47.7 Å². The third kappa shape index (κ3) is 3.94. The Balaban J connectivity index is 1.62. The zero-order valence-electron chi connectivity index (χ0n) is 15.4. The highest BCUT2D eigenvalue weighted by atomic mass is 16.7. The van der Waals surface area contributed by atoms with Gasteiger partial charge in [0, 0.05) is 0 Å². The molecule has 1 aliphatic rings. The van der Waals surface area contributed by atoms with E-state index >= 15 is 0 Å². The monoisotopic (exact) mass is 341 g/mol. The van der Waals surface area contributed by atoms with E-state index in [2.05, 4.69) is 10.3 Å². The number of aromatic nitrogens is 3. The van der Waals surface area contributed by atoms with E-state index < -0.39 is 0 Å². The summed E-state index contributed by atoms with van der Waals surface area (Å²) < 4.78 is 18.8. The summed E-state index contributed by atoms with van der Waals surface area (Å²) in [5.74, 6) is 2.71. The van der Waals surface area contributed by atoms with Crippen molar-refractivity contribution in [1.82, 2.24) is 15.0 Å². The van der Waals surface area contributed by atoms with Gasteiger partial charge >= 0.3 is 7.12 Å². The van der Waals surface area contributed by atoms with Gasteiger partial charge in [-0.3, -0.25) is 0 Å². The molecule has 1 aromatic heterocycles. The Bertz CT molecular complexity index is 737. The first-order valence-electron chi connectivity index (χ1n) is 8.36. The zero-order chi connectivity index (χ0) is 18.1. The lowest BCUT2D eigenvalue weighted by Crippen LogP contribution is -2.41. The molecule has 0 amide bonds. The predicted molar refractivity (Wildman–Crippen MR) is 97.2 cm³/mol. The van der Waals surface area contributed by atoms with Gasteiger partial charge in [0.1, 0.15) is 11.4 Å². The third-order valence-corrected chi connectivity index (χ3v) is 4.76. The highest BCUT2D eigenvalue weighted by molar-refractivity contribution is 6.52. The first-order valence-corrected chi connectivity index (χ1v) is 8.36. The normalized spacial score (nSPS) is 18.8. The lowest BCUT2D eigenvalue weighted by atomic mass is 9.90. The summed E-state index contributed by atoms with van der Waals surface area (Å²) in [6.45, 7) is 8.79. The smallest absolute Gasteiger partial charge is 0.487 e. The number of rotatable bonds is 5. The van der Waals surface area contributed by atoms with Gasteiger partial charge < -0.3 is 14.0 Å². The van der Waals surface area contributed by atoms with Gasteiger partial charge in [-0.15, -0.1) is 5.10 Å². The average molecular weight is 341 g/mol. The number of hydrogen-bond donors (Lipinski definition) is 0. The summed E-state index contributed by atoms with van der Waals surface area (Å²) in [6.07, 6.45) is 3.77. The molecule has 1 aliphatic heterocycles. The second-order valence-corrected chi connectivity index (χ2v) is 7.17. The highest BCUT2D eigenvalue weighted by Gasteiger charge is 2.50. The quantitative estimate of drug-likeness (QED) is 0.783. The first-order chi connectivity index (χ1) is 11.8. The molecule has 0 N–H and O–H groups in total. The Labute approximate surface area is 148 Å². The van der Waals surface area contributed by atoms with Crippen LogP contribution >= 0.6 is 0 Å². The number of nitrogens with zero attached hydrogens (tertiary/aromatic N) is 3. The van der Waals surface area contributed by atoms with Gasteiger partial charge in [-0.2, -0.15) is 0 Å². The van der Waals surface area contributed by atoms with Crippen molar-refractivity contribution >= 4 is 13.2 Å². The Morgan fingerprint density at radius 1 is 1.12 bits per heavy atom. The second kappa shape index (κ2) is 6.65. The van der Waals surface area contributed by atoms with E-state index in [9.17, 15) is 0 Å². The van der Waals surface area contributed by atoms with E-state index in [1.165, 1.54) is 0 Å². The average Bonchev–Trinajstić information content (AvgIpc) is 3.08. The maximum Gasteiger partial charge on any atom is 0.487 e. The van der Waals surface area contributed by atoms with Gasteiger partial charge in [0.25, 0.3) is 0 Å². The van der Waals surface area contributed by atoms with Crippen molar-refractivity contribution in [2.45, 2.75) is 45.4 Å². The molecule has 6 nitrogen and oxygen atoms in total. The summed E-state index contributed by atoms with van der Waals surface area (Å²) >= 11 is 0. The Morgan fingerprint density at radius 3 is 2.36 bits per heavy atom. The molecular formula is C18H24BN3O3. The van der Waals surface area contributed by atoms with Crippen LogP contribution in [0.3, 0.4) is 0 Å². The Kier molecular flexibility index (Phi) is 4.71. The molecule has 0 spiro atoms. The van der Waals surface area contributed by atoms with Gasteiger partial charge in [-0.05, 0) is 51.5 Å². The molecule has 7 heteroatoms. The fourth-order valence-electron chi connectivity index (χ4n) is 2.53. The van der Waals surface area contributed by atoms with Crippen LogP contribution in [0.2, 0.25) is 0 Å². The summed E-state index contributed by atoms with van der Waals surface area (Å²) in [5, 5.41) is 8.33. The minimum Gasteiger partial charge on any atom is -0.497 e. The van der Waals surface area contributed by atoms with Crippen molar-refractivity contribution in [3.8, 4) is 5.75 Å². The molecule has 1 fully saturated rings. The van der Waals surface area contributed by atoms with Crippen molar-refractivity contribution in [1.29, 1.82) is 0 Å². The molecule has 0 unspecified atom stereocenters. The van der Waals surface area contributed by atoms with Gasteiger partial charge in [-0.1, -0.05) is 23.3 Å². The van der Waals surface area contributed by atoms with Crippen LogP contribution in [0, 0.1) is 0 Å². The van der Waals surface area contributed by atoms with Crippen LogP contribution in [0.4, 0.5) is 0 Å². The summed E-state index contributed by atoms with van der Waals surface area (Å²) in [4.78, 5) is 0. The largest absolute Gasteiger partial charge is 0.497 e. The van der Waals surface area contributed by atoms with Gasteiger partial charge in [0.05, 0.1) is 31.1 Å². The van der Waals surface area contributed by atoms with Crippen LogP contribution in [0.25, 0.3) is 6.08 Å². The molecule has 1 saturated heterocycles. The predicted octanol–water partition coefficient (Wildman–Crippen LogP) is 2.98. The summed E-state index contributed by atoms with van der Waals surface area (Å²) in [5.41, 5.74) is 1.22. The van der Waals surface area contributed by atoms with Crippen LogP contribution in [0.5, 0.6) is 5.75 Å². The molecule has 1 aromatic carbocycles.